The molecule has 2 aliphatic rings. The van der Waals surface area contributed by atoms with Gasteiger partial charge in [-0.1, -0.05) is 23.8 Å². The molecule has 0 N–H and O–H groups in total. The van der Waals surface area contributed by atoms with Crippen LogP contribution in [0, 0.1) is 5.92 Å². The minimum absolute atomic E-state index is 0.0765. The summed E-state index contributed by atoms with van der Waals surface area (Å²) in [5.74, 6) is -0.00584. The van der Waals surface area contributed by atoms with Crippen molar-refractivity contribution in [1.29, 1.82) is 0 Å². The summed E-state index contributed by atoms with van der Waals surface area (Å²) < 4.78 is 7.25. The van der Waals surface area contributed by atoms with Crippen molar-refractivity contribution in [3.8, 4) is 0 Å². The summed E-state index contributed by atoms with van der Waals surface area (Å²) >= 11 is 5.98. The molecule has 3 atom stereocenters. The van der Waals surface area contributed by atoms with Gasteiger partial charge in [0.25, 0.3) is 0 Å². The van der Waals surface area contributed by atoms with Crippen LogP contribution in [0.15, 0.2) is 24.8 Å². The van der Waals surface area contributed by atoms with Crippen molar-refractivity contribution in [3.63, 3.8) is 0 Å². The van der Waals surface area contributed by atoms with Gasteiger partial charge in [0.15, 0.2) is 10.8 Å². The third-order valence-electron chi connectivity index (χ3n) is 3.62. The normalized spacial score (nSPS) is 28.9. The molecular formula is C12H9ClN4O2. The highest BCUT2D eigenvalue weighted by Crippen LogP contribution is 2.39. The fourth-order valence-corrected chi connectivity index (χ4v) is 2.93. The molecule has 6 nitrogen and oxygen atoms in total. The number of esters is 1. The molecule has 96 valence electrons. The largest absolute Gasteiger partial charge is 0.459 e. The van der Waals surface area contributed by atoms with Crippen LogP contribution in [-0.2, 0) is 9.53 Å². The molecule has 3 heterocycles. The molecule has 0 amide bonds. The van der Waals surface area contributed by atoms with Crippen molar-refractivity contribution >= 4 is 28.7 Å². The predicted octanol–water partition coefficient (Wildman–Crippen LogP) is 1.52. The van der Waals surface area contributed by atoms with Crippen molar-refractivity contribution in [2.75, 3.05) is 0 Å². The zero-order chi connectivity index (χ0) is 13.0. The van der Waals surface area contributed by atoms with E-state index in [1.54, 1.807) is 6.33 Å². The second-order valence-corrected chi connectivity index (χ2v) is 5.04. The van der Waals surface area contributed by atoms with E-state index in [0.29, 0.717) is 22.7 Å². The van der Waals surface area contributed by atoms with Crippen LogP contribution in [0.2, 0.25) is 5.15 Å². The number of rotatable bonds is 1. The van der Waals surface area contributed by atoms with Gasteiger partial charge in [0.1, 0.15) is 17.9 Å². The molecule has 1 saturated heterocycles. The summed E-state index contributed by atoms with van der Waals surface area (Å²) in [7, 11) is 0. The Bertz CT molecular complexity index is 711. The Labute approximate surface area is 113 Å². The number of carbonyl (C=O) groups is 1. The SMILES string of the molecule is O=C1C[C@@H]2C=C[C@H](n3cnc4c(Cl)ncnc43)[C@@H]2O1. The third-order valence-corrected chi connectivity index (χ3v) is 3.90. The van der Waals surface area contributed by atoms with Crippen molar-refractivity contribution in [2.24, 2.45) is 5.92 Å². The lowest BCUT2D eigenvalue weighted by Gasteiger charge is -2.19. The number of hydrogen-bond acceptors (Lipinski definition) is 5. The van der Waals surface area contributed by atoms with E-state index in [-0.39, 0.29) is 24.0 Å². The second-order valence-electron chi connectivity index (χ2n) is 4.69. The first-order valence-electron chi connectivity index (χ1n) is 5.95. The molecule has 0 bridgehead atoms. The molecule has 1 fully saturated rings. The highest BCUT2D eigenvalue weighted by atomic mass is 35.5. The summed E-state index contributed by atoms with van der Waals surface area (Å²) in [5.41, 5.74) is 1.21. The van der Waals surface area contributed by atoms with E-state index in [1.165, 1.54) is 6.33 Å². The summed E-state index contributed by atoms with van der Waals surface area (Å²) in [6.07, 6.45) is 7.39. The summed E-state index contributed by atoms with van der Waals surface area (Å²) in [4.78, 5) is 23.7. The number of carbonyl (C=O) groups excluding carboxylic acids is 1. The van der Waals surface area contributed by atoms with Crippen molar-refractivity contribution in [2.45, 2.75) is 18.6 Å². The van der Waals surface area contributed by atoms with Crippen LogP contribution in [0.4, 0.5) is 0 Å². The lowest BCUT2D eigenvalue weighted by molar-refractivity contribution is -0.142. The highest BCUT2D eigenvalue weighted by Gasteiger charge is 2.42. The van der Waals surface area contributed by atoms with Crippen LogP contribution in [0.5, 0.6) is 0 Å². The number of imidazole rings is 1. The number of halogens is 1. The number of nitrogens with zero attached hydrogens (tertiary/aromatic N) is 4. The van der Waals surface area contributed by atoms with Crippen LogP contribution >= 0.6 is 11.6 Å². The Morgan fingerprint density at radius 1 is 1.32 bits per heavy atom. The zero-order valence-corrected chi connectivity index (χ0v) is 10.5. The Balaban J connectivity index is 1.81. The van der Waals surface area contributed by atoms with Gasteiger partial charge in [-0.25, -0.2) is 15.0 Å². The maximum Gasteiger partial charge on any atom is 0.306 e. The Kier molecular flexibility index (Phi) is 2.17. The highest BCUT2D eigenvalue weighted by molar-refractivity contribution is 6.33. The summed E-state index contributed by atoms with van der Waals surface area (Å²) in [5, 5.41) is 0.325. The van der Waals surface area contributed by atoms with Gasteiger partial charge >= 0.3 is 5.97 Å². The fraction of sp³-hybridized carbons (Fsp3) is 0.333. The van der Waals surface area contributed by atoms with E-state index in [1.807, 2.05) is 16.7 Å². The predicted molar refractivity (Wildman–Crippen MR) is 66.5 cm³/mol. The lowest BCUT2D eigenvalue weighted by Crippen LogP contribution is -2.22. The van der Waals surface area contributed by atoms with Gasteiger partial charge in [-0.3, -0.25) is 4.79 Å². The van der Waals surface area contributed by atoms with Gasteiger partial charge in [0, 0.05) is 5.92 Å². The molecule has 0 aromatic carbocycles. The van der Waals surface area contributed by atoms with Gasteiger partial charge in [0.2, 0.25) is 0 Å². The number of ether oxygens (including phenoxy) is 1. The summed E-state index contributed by atoms with van der Waals surface area (Å²) in [6, 6.07) is -0.0765. The van der Waals surface area contributed by atoms with E-state index >= 15 is 0 Å². The molecule has 1 aliphatic heterocycles. The van der Waals surface area contributed by atoms with Crippen LogP contribution in [0.1, 0.15) is 12.5 Å². The van der Waals surface area contributed by atoms with E-state index in [4.69, 9.17) is 16.3 Å². The fourth-order valence-electron chi connectivity index (χ4n) is 2.76. The topological polar surface area (TPSA) is 69.9 Å². The Morgan fingerprint density at radius 2 is 2.21 bits per heavy atom. The molecule has 19 heavy (non-hydrogen) atoms. The van der Waals surface area contributed by atoms with E-state index in [9.17, 15) is 4.79 Å². The van der Waals surface area contributed by atoms with Crippen LogP contribution in [-0.4, -0.2) is 31.6 Å². The van der Waals surface area contributed by atoms with E-state index < -0.39 is 0 Å². The van der Waals surface area contributed by atoms with Crippen LogP contribution < -0.4 is 0 Å². The standard InChI is InChI=1S/C12H9ClN4O2/c13-11-9-12(15-4-14-11)17(5-16-9)7-2-1-6-3-8(18)19-10(6)7/h1-2,4-7,10H,3H2/t6-,7-,10+/m0/s1. The van der Waals surface area contributed by atoms with E-state index in [0.717, 1.165) is 0 Å². The third kappa shape index (κ3) is 1.49. The molecule has 0 saturated carbocycles. The van der Waals surface area contributed by atoms with Crippen molar-refractivity contribution in [3.05, 3.63) is 30.0 Å². The quantitative estimate of drug-likeness (QED) is 0.449. The molecule has 4 rings (SSSR count). The maximum atomic E-state index is 11.4. The van der Waals surface area contributed by atoms with Gasteiger partial charge in [-0.2, -0.15) is 0 Å². The molecule has 2 aromatic heterocycles. The maximum absolute atomic E-state index is 11.4. The monoisotopic (exact) mass is 276 g/mol. The minimum atomic E-state index is -0.168. The molecule has 7 heteroatoms. The number of hydrogen-bond donors (Lipinski definition) is 0. The van der Waals surface area contributed by atoms with Crippen molar-refractivity contribution < 1.29 is 9.53 Å². The average Bonchev–Trinajstić information content (AvgIpc) is 3.03. The van der Waals surface area contributed by atoms with Gasteiger partial charge in [0.05, 0.1) is 18.8 Å². The smallest absolute Gasteiger partial charge is 0.306 e. The first kappa shape index (κ1) is 10.9. The van der Waals surface area contributed by atoms with Gasteiger partial charge in [-0.05, 0) is 0 Å². The minimum Gasteiger partial charge on any atom is -0.459 e. The van der Waals surface area contributed by atoms with Crippen LogP contribution in [0.25, 0.3) is 11.2 Å². The number of aromatic nitrogens is 4. The first-order chi connectivity index (χ1) is 9.24. The molecule has 0 radical (unpaired) electrons. The Hall–Kier alpha value is -1.95. The lowest BCUT2D eigenvalue weighted by atomic mass is 10.0. The van der Waals surface area contributed by atoms with Gasteiger partial charge < -0.3 is 9.30 Å². The molecule has 0 unspecified atom stereocenters. The van der Waals surface area contributed by atoms with Crippen molar-refractivity contribution in [1.82, 2.24) is 19.5 Å². The molecule has 1 aliphatic carbocycles. The second kappa shape index (κ2) is 3.77. The van der Waals surface area contributed by atoms with Gasteiger partial charge in [-0.15, -0.1) is 0 Å². The summed E-state index contributed by atoms with van der Waals surface area (Å²) in [6.45, 7) is 0. The van der Waals surface area contributed by atoms with E-state index in [2.05, 4.69) is 15.0 Å². The number of fused-ring (bicyclic) bond motifs is 2. The first-order valence-corrected chi connectivity index (χ1v) is 6.32. The van der Waals surface area contributed by atoms with Crippen LogP contribution in [0.3, 0.4) is 0 Å². The molecular weight excluding hydrogens is 268 g/mol. The molecule has 2 aromatic rings. The Morgan fingerprint density at radius 3 is 3.11 bits per heavy atom. The average molecular weight is 277 g/mol. The zero-order valence-electron chi connectivity index (χ0n) is 9.73. The molecule has 0 spiro atoms.